The number of carboxylic acid groups (broad SMARTS) is 1. The second-order valence-electron chi connectivity index (χ2n) is 6.12. The van der Waals surface area contributed by atoms with Gasteiger partial charge in [0.15, 0.2) is 0 Å². The van der Waals surface area contributed by atoms with Crippen molar-refractivity contribution in [2.45, 2.75) is 63.3 Å². The fourth-order valence-electron chi connectivity index (χ4n) is 3.20. The molecule has 1 saturated heterocycles. The maximum atomic E-state index is 12.1. The van der Waals surface area contributed by atoms with Gasteiger partial charge in [-0.05, 0) is 31.6 Å². The molecule has 0 aromatic rings. The van der Waals surface area contributed by atoms with Gasteiger partial charge in [0.2, 0.25) is 5.91 Å². The van der Waals surface area contributed by atoms with Crippen LogP contribution in [0.25, 0.3) is 0 Å². The third-order valence-corrected chi connectivity index (χ3v) is 4.55. The molecule has 1 heterocycles. The number of rotatable bonds is 5. The smallest absolute Gasteiger partial charge is 0.329 e. The van der Waals surface area contributed by atoms with Crippen molar-refractivity contribution in [2.75, 3.05) is 13.2 Å². The van der Waals surface area contributed by atoms with Gasteiger partial charge >= 0.3 is 5.97 Å². The molecule has 0 aromatic carbocycles. The Kier molecular flexibility index (Phi) is 5.40. The molecule has 2 N–H and O–H groups in total. The van der Waals surface area contributed by atoms with Crippen molar-refractivity contribution in [1.29, 1.82) is 0 Å². The number of ether oxygens (including phenoxy) is 1. The number of carboxylic acids is 1. The second-order valence-corrected chi connectivity index (χ2v) is 6.12. The van der Waals surface area contributed by atoms with Crippen LogP contribution in [0.15, 0.2) is 0 Å². The van der Waals surface area contributed by atoms with Gasteiger partial charge in [-0.25, -0.2) is 4.79 Å². The maximum Gasteiger partial charge on any atom is 0.329 e. The zero-order valence-electron chi connectivity index (χ0n) is 12.0. The Morgan fingerprint density at radius 1 is 1.20 bits per heavy atom. The van der Waals surface area contributed by atoms with Gasteiger partial charge in [0.1, 0.15) is 5.54 Å². The van der Waals surface area contributed by atoms with Gasteiger partial charge in [-0.2, -0.15) is 0 Å². The summed E-state index contributed by atoms with van der Waals surface area (Å²) in [4.78, 5) is 23.7. The van der Waals surface area contributed by atoms with Crippen molar-refractivity contribution in [2.24, 2.45) is 5.92 Å². The molecule has 1 aliphatic heterocycles. The van der Waals surface area contributed by atoms with Crippen LogP contribution in [0.3, 0.4) is 0 Å². The molecule has 2 aliphatic rings. The molecule has 1 saturated carbocycles. The molecule has 0 aromatic heterocycles. The molecule has 5 heteroatoms. The summed E-state index contributed by atoms with van der Waals surface area (Å²) < 4.78 is 5.29. The molecular weight excluding hydrogens is 258 g/mol. The lowest BCUT2D eigenvalue weighted by molar-refractivity contribution is -0.148. The Hall–Kier alpha value is -1.10. The summed E-state index contributed by atoms with van der Waals surface area (Å²) >= 11 is 0. The number of nitrogens with one attached hydrogen (secondary N) is 1. The summed E-state index contributed by atoms with van der Waals surface area (Å²) in [7, 11) is 0. The third kappa shape index (κ3) is 3.95. The van der Waals surface area contributed by atoms with E-state index in [0.717, 1.165) is 51.7 Å². The molecule has 1 atom stereocenters. The first-order valence-electron chi connectivity index (χ1n) is 7.74. The van der Waals surface area contributed by atoms with Crippen LogP contribution in [0.1, 0.15) is 57.8 Å². The second kappa shape index (κ2) is 7.07. The summed E-state index contributed by atoms with van der Waals surface area (Å²) in [6.45, 7) is 1.52. The van der Waals surface area contributed by atoms with Gasteiger partial charge in [-0.15, -0.1) is 0 Å². The van der Waals surface area contributed by atoms with Crippen LogP contribution >= 0.6 is 0 Å². The number of hydrogen-bond acceptors (Lipinski definition) is 3. The zero-order chi connectivity index (χ0) is 14.4. The molecule has 1 unspecified atom stereocenters. The molecule has 0 radical (unpaired) electrons. The fraction of sp³-hybridized carbons (Fsp3) is 0.867. The molecule has 1 aliphatic carbocycles. The fourth-order valence-corrected chi connectivity index (χ4v) is 3.20. The van der Waals surface area contributed by atoms with Crippen LogP contribution in [0.2, 0.25) is 0 Å². The van der Waals surface area contributed by atoms with E-state index in [4.69, 9.17) is 4.74 Å². The van der Waals surface area contributed by atoms with E-state index < -0.39 is 11.5 Å². The Balaban J connectivity index is 1.86. The SMILES string of the molecule is O=C(CCC1CCOC1)NC1(C(=O)O)CCCCCC1. The normalized spacial score (nSPS) is 25.9. The van der Waals surface area contributed by atoms with Crippen LogP contribution in [0.4, 0.5) is 0 Å². The van der Waals surface area contributed by atoms with E-state index in [-0.39, 0.29) is 5.91 Å². The van der Waals surface area contributed by atoms with Crippen LogP contribution in [0.5, 0.6) is 0 Å². The van der Waals surface area contributed by atoms with Crippen molar-refractivity contribution in [3.8, 4) is 0 Å². The molecule has 114 valence electrons. The Morgan fingerprint density at radius 3 is 2.45 bits per heavy atom. The summed E-state index contributed by atoms with van der Waals surface area (Å²) in [5, 5.41) is 12.3. The molecule has 5 nitrogen and oxygen atoms in total. The molecule has 2 fully saturated rings. The van der Waals surface area contributed by atoms with Gasteiger partial charge in [0, 0.05) is 19.6 Å². The molecule has 2 rings (SSSR count). The van der Waals surface area contributed by atoms with E-state index in [0.29, 0.717) is 25.2 Å². The Morgan fingerprint density at radius 2 is 1.90 bits per heavy atom. The summed E-state index contributed by atoms with van der Waals surface area (Å²) in [6, 6.07) is 0. The topological polar surface area (TPSA) is 75.6 Å². The molecule has 20 heavy (non-hydrogen) atoms. The number of carbonyl (C=O) groups is 2. The van der Waals surface area contributed by atoms with Crippen LogP contribution < -0.4 is 5.32 Å². The van der Waals surface area contributed by atoms with E-state index in [1.807, 2.05) is 0 Å². The standard InChI is InChI=1S/C15H25NO4/c17-13(6-5-12-7-10-20-11-12)16-15(14(18)19)8-3-1-2-4-9-15/h12H,1-11H2,(H,16,17)(H,18,19). The Labute approximate surface area is 120 Å². The van der Waals surface area contributed by atoms with E-state index in [1.54, 1.807) is 0 Å². The van der Waals surface area contributed by atoms with Crippen LogP contribution in [-0.4, -0.2) is 35.7 Å². The average Bonchev–Trinajstić information content (AvgIpc) is 2.82. The minimum absolute atomic E-state index is 0.124. The summed E-state index contributed by atoms with van der Waals surface area (Å²) in [6.07, 6.45) is 7.20. The van der Waals surface area contributed by atoms with Crippen molar-refractivity contribution in [3.63, 3.8) is 0 Å². The quantitative estimate of drug-likeness (QED) is 0.758. The third-order valence-electron chi connectivity index (χ3n) is 4.55. The number of aliphatic carboxylic acids is 1. The van der Waals surface area contributed by atoms with Gasteiger partial charge in [0.05, 0.1) is 0 Å². The molecule has 1 amide bonds. The van der Waals surface area contributed by atoms with Crippen molar-refractivity contribution in [3.05, 3.63) is 0 Å². The number of carbonyl (C=O) groups excluding carboxylic acids is 1. The zero-order valence-corrected chi connectivity index (χ0v) is 12.0. The predicted octanol–water partition coefficient (Wildman–Crippen LogP) is 2.10. The van der Waals surface area contributed by atoms with Gasteiger partial charge in [-0.3, -0.25) is 4.79 Å². The van der Waals surface area contributed by atoms with E-state index in [9.17, 15) is 14.7 Å². The average molecular weight is 283 g/mol. The highest BCUT2D eigenvalue weighted by molar-refractivity contribution is 5.87. The van der Waals surface area contributed by atoms with Crippen molar-refractivity contribution < 1.29 is 19.4 Å². The van der Waals surface area contributed by atoms with E-state index in [2.05, 4.69) is 5.32 Å². The first-order valence-corrected chi connectivity index (χ1v) is 7.74. The lowest BCUT2D eigenvalue weighted by atomic mass is 9.89. The maximum absolute atomic E-state index is 12.1. The number of hydrogen-bond donors (Lipinski definition) is 2. The lowest BCUT2D eigenvalue weighted by Crippen LogP contribution is -2.54. The van der Waals surface area contributed by atoms with Gasteiger partial charge in [0.25, 0.3) is 0 Å². The molecule has 0 spiro atoms. The highest BCUT2D eigenvalue weighted by Crippen LogP contribution is 2.28. The first-order chi connectivity index (χ1) is 9.62. The van der Waals surface area contributed by atoms with E-state index in [1.165, 1.54) is 0 Å². The first kappa shape index (κ1) is 15.3. The van der Waals surface area contributed by atoms with E-state index >= 15 is 0 Å². The van der Waals surface area contributed by atoms with Gasteiger partial charge < -0.3 is 15.2 Å². The Bertz CT molecular complexity index is 342. The number of amides is 1. The lowest BCUT2D eigenvalue weighted by Gasteiger charge is -2.29. The minimum atomic E-state index is -1.03. The van der Waals surface area contributed by atoms with Crippen LogP contribution in [-0.2, 0) is 14.3 Å². The largest absolute Gasteiger partial charge is 0.480 e. The summed E-state index contributed by atoms with van der Waals surface area (Å²) in [5.74, 6) is -0.547. The van der Waals surface area contributed by atoms with Gasteiger partial charge in [-0.1, -0.05) is 25.7 Å². The highest BCUT2D eigenvalue weighted by atomic mass is 16.5. The van der Waals surface area contributed by atoms with Crippen LogP contribution in [0, 0.1) is 5.92 Å². The highest BCUT2D eigenvalue weighted by Gasteiger charge is 2.39. The van der Waals surface area contributed by atoms with Crippen molar-refractivity contribution in [1.82, 2.24) is 5.32 Å². The summed E-state index contributed by atoms with van der Waals surface area (Å²) in [5.41, 5.74) is -1.03. The molecular formula is C15H25NO4. The minimum Gasteiger partial charge on any atom is -0.480 e. The predicted molar refractivity (Wildman–Crippen MR) is 74.4 cm³/mol. The monoisotopic (exact) mass is 283 g/mol. The molecule has 0 bridgehead atoms. The van der Waals surface area contributed by atoms with Crippen molar-refractivity contribution >= 4 is 11.9 Å².